The summed E-state index contributed by atoms with van der Waals surface area (Å²) in [6, 6.07) is 12.0. The lowest BCUT2D eigenvalue weighted by Crippen LogP contribution is -2.42. The lowest BCUT2D eigenvalue weighted by molar-refractivity contribution is -0.132. The predicted octanol–water partition coefficient (Wildman–Crippen LogP) is 3.12. The van der Waals surface area contributed by atoms with Crippen LogP contribution in [0.5, 0.6) is 5.75 Å². The molecule has 1 aromatic heterocycles. The molecular formula is C28H32N6O5. The van der Waals surface area contributed by atoms with Gasteiger partial charge >= 0.3 is 6.03 Å². The fourth-order valence-corrected chi connectivity index (χ4v) is 4.54. The number of ether oxygens (including phenoxy) is 2. The SMILES string of the molecule is C=CC(=O)N1CCC[C@H]1C(=O)Nc1cc2c(N(CCOC)C(=O)NCc3ccccc3)ncnc2cc1OC. The van der Waals surface area contributed by atoms with Crippen molar-refractivity contribution < 1.29 is 23.9 Å². The molecule has 1 aliphatic heterocycles. The minimum Gasteiger partial charge on any atom is -0.494 e. The Morgan fingerprint density at radius 2 is 1.97 bits per heavy atom. The number of carbonyl (C=O) groups excluding carboxylic acids is 3. The van der Waals surface area contributed by atoms with Crippen LogP contribution < -0.4 is 20.3 Å². The number of rotatable bonds is 10. The Morgan fingerprint density at radius 3 is 2.69 bits per heavy atom. The fraction of sp³-hybridized carbons (Fsp3) is 0.321. The van der Waals surface area contributed by atoms with Gasteiger partial charge in [0.25, 0.3) is 0 Å². The van der Waals surface area contributed by atoms with Crippen molar-refractivity contribution in [1.82, 2.24) is 20.2 Å². The van der Waals surface area contributed by atoms with Crippen molar-refractivity contribution in [2.45, 2.75) is 25.4 Å². The van der Waals surface area contributed by atoms with E-state index in [1.54, 1.807) is 19.2 Å². The number of fused-ring (bicyclic) bond motifs is 1. The largest absolute Gasteiger partial charge is 0.494 e. The van der Waals surface area contributed by atoms with Gasteiger partial charge in [0.2, 0.25) is 11.8 Å². The third-order valence-electron chi connectivity index (χ3n) is 6.51. The highest BCUT2D eigenvalue weighted by Gasteiger charge is 2.33. The number of carbonyl (C=O) groups is 3. The van der Waals surface area contributed by atoms with E-state index >= 15 is 0 Å². The average Bonchev–Trinajstić information content (AvgIpc) is 3.46. The van der Waals surface area contributed by atoms with Crippen molar-refractivity contribution >= 4 is 40.3 Å². The fourth-order valence-electron chi connectivity index (χ4n) is 4.54. The molecule has 4 rings (SSSR count). The maximum absolute atomic E-state index is 13.3. The number of hydrogen-bond acceptors (Lipinski definition) is 7. The van der Waals surface area contributed by atoms with Gasteiger partial charge in [0.05, 0.1) is 31.5 Å². The van der Waals surface area contributed by atoms with Crippen LogP contribution in [0.2, 0.25) is 0 Å². The lowest BCUT2D eigenvalue weighted by Gasteiger charge is -2.24. The molecule has 2 heterocycles. The van der Waals surface area contributed by atoms with Crippen LogP contribution in [-0.4, -0.2) is 72.7 Å². The molecule has 39 heavy (non-hydrogen) atoms. The third-order valence-corrected chi connectivity index (χ3v) is 6.51. The number of nitrogens with one attached hydrogen (secondary N) is 2. The first-order chi connectivity index (χ1) is 19.0. The van der Waals surface area contributed by atoms with Gasteiger partial charge in [0.15, 0.2) is 0 Å². The molecule has 1 aliphatic rings. The van der Waals surface area contributed by atoms with Crippen LogP contribution in [0.25, 0.3) is 10.9 Å². The number of aromatic nitrogens is 2. The highest BCUT2D eigenvalue weighted by Crippen LogP contribution is 2.34. The van der Waals surface area contributed by atoms with Crippen LogP contribution in [0.3, 0.4) is 0 Å². The highest BCUT2D eigenvalue weighted by atomic mass is 16.5. The van der Waals surface area contributed by atoms with E-state index in [4.69, 9.17) is 9.47 Å². The van der Waals surface area contributed by atoms with E-state index in [0.717, 1.165) is 12.0 Å². The summed E-state index contributed by atoms with van der Waals surface area (Å²) in [4.78, 5) is 50.5. The van der Waals surface area contributed by atoms with E-state index < -0.39 is 6.04 Å². The minimum atomic E-state index is -0.621. The lowest BCUT2D eigenvalue weighted by atomic mass is 10.1. The Labute approximate surface area is 226 Å². The second-order valence-electron chi connectivity index (χ2n) is 8.94. The summed E-state index contributed by atoms with van der Waals surface area (Å²) in [6.07, 6.45) is 3.85. The van der Waals surface area contributed by atoms with Gasteiger partial charge in [0, 0.05) is 31.7 Å². The first kappa shape index (κ1) is 27.5. The number of benzene rings is 2. The molecule has 204 valence electrons. The van der Waals surface area contributed by atoms with Gasteiger partial charge in [-0.1, -0.05) is 36.9 Å². The Morgan fingerprint density at radius 1 is 1.18 bits per heavy atom. The van der Waals surface area contributed by atoms with E-state index in [1.807, 2.05) is 30.3 Å². The first-order valence-electron chi connectivity index (χ1n) is 12.6. The maximum atomic E-state index is 13.3. The van der Waals surface area contributed by atoms with Crippen molar-refractivity contribution in [1.29, 1.82) is 0 Å². The van der Waals surface area contributed by atoms with Gasteiger partial charge in [-0.2, -0.15) is 0 Å². The summed E-state index contributed by atoms with van der Waals surface area (Å²) in [5.41, 5.74) is 1.86. The predicted molar refractivity (Wildman–Crippen MR) is 148 cm³/mol. The summed E-state index contributed by atoms with van der Waals surface area (Å²) in [5, 5.41) is 6.36. The number of likely N-dealkylation sites (tertiary alicyclic amines) is 1. The summed E-state index contributed by atoms with van der Waals surface area (Å²) in [5.74, 6) is 0.113. The number of amides is 4. The number of hydrogen-bond donors (Lipinski definition) is 2. The van der Waals surface area contributed by atoms with Gasteiger partial charge in [-0.3, -0.25) is 14.5 Å². The minimum absolute atomic E-state index is 0.234. The molecule has 11 heteroatoms. The number of anilines is 2. The Kier molecular flexibility index (Phi) is 9.06. The van der Waals surface area contributed by atoms with Crippen molar-refractivity contribution in [2.24, 2.45) is 0 Å². The van der Waals surface area contributed by atoms with Crippen molar-refractivity contribution in [3.63, 3.8) is 0 Å². The molecule has 0 unspecified atom stereocenters. The second-order valence-corrected chi connectivity index (χ2v) is 8.94. The van der Waals surface area contributed by atoms with E-state index in [-0.39, 0.29) is 31.0 Å². The molecule has 2 aromatic carbocycles. The molecular weight excluding hydrogens is 500 g/mol. The second kappa shape index (κ2) is 12.8. The number of methoxy groups -OCH3 is 2. The molecule has 0 spiro atoms. The van der Waals surface area contributed by atoms with E-state index in [0.29, 0.717) is 47.7 Å². The van der Waals surface area contributed by atoms with Crippen LogP contribution in [-0.2, 0) is 20.9 Å². The molecule has 1 fully saturated rings. The standard InChI is InChI=1S/C28H32N6O5/c1-4-25(35)33-12-8-11-23(33)27(36)32-22-15-20-21(16-24(22)39-3)30-18-31-26(20)34(13-14-38-2)28(37)29-17-19-9-6-5-7-10-19/h4-7,9-10,15-16,18,23H,1,8,11-14,17H2,2-3H3,(H,29,37)(H,32,36)/t23-/m0/s1. The normalized spacial score (nSPS) is 14.6. The van der Waals surface area contributed by atoms with Gasteiger partial charge < -0.3 is 25.0 Å². The first-order valence-corrected chi connectivity index (χ1v) is 12.6. The van der Waals surface area contributed by atoms with E-state index in [2.05, 4.69) is 27.2 Å². The summed E-state index contributed by atoms with van der Waals surface area (Å²) in [6.45, 7) is 4.87. The van der Waals surface area contributed by atoms with Crippen LogP contribution in [0.1, 0.15) is 18.4 Å². The molecule has 0 aliphatic carbocycles. The molecule has 1 atom stereocenters. The zero-order valence-electron chi connectivity index (χ0n) is 22.1. The molecule has 1 saturated heterocycles. The zero-order chi connectivity index (χ0) is 27.8. The van der Waals surface area contributed by atoms with Crippen molar-refractivity contribution in [3.05, 3.63) is 67.0 Å². The van der Waals surface area contributed by atoms with Crippen molar-refractivity contribution in [2.75, 3.05) is 44.1 Å². The van der Waals surface area contributed by atoms with E-state index in [1.165, 1.54) is 29.3 Å². The van der Waals surface area contributed by atoms with Gasteiger partial charge in [-0.05, 0) is 30.5 Å². The quantitative estimate of drug-likeness (QED) is 0.384. The van der Waals surface area contributed by atoms with E-state index in [9.17, 15) is 14.4 Å². The molecule has 0 bridgehead atoms. The zero-order valence-corrected chi connectivity index (χ0v) is 22.1. The Hall–Kier alpha value is -4.51. The van der Waals surface area contributed by atoms with Gasteiger partial charge in [-0.25, -0.2) is 14.8 Å². The molecule has 3 aromatic rings. The molecule has 11 nitrogen and oxygen atoms in total. The van der Waals surface area contributed by atoms with Crippen molar-refractivity contribution in [3.8, 4) is 5.75 Å². The van der Waals surface area contributed by atoms with Crippen LogP contribution in [0, 0.1) is 0 Å². The molecule has 0 saturated carbocycles. The highest BCUT2D eigenvalue weighted by molar-refractivity contribution is 6.05. The van der Waals surface area contributed by atoms with Gasteiger partial charge in [-0.15, -0.1) is 0 Å². The van der Waals surface area contributed by atoms with Crippen LogP contribution in [0.4, 0.5) is 16.3 Å². The summed E-state index contributed by atoms with van der Waals surface area (Å²) in [7, 11) is 3.05. The van der Waals surface area contributed by atoms with Crippen LogP contribution in [0.15, 0.2) is 61.4 Å². The summed E-state index contributed by atoms with van der Waals surface area (Å²) < 4.78 is 10.8. The monoisotopic (exact) mass is 532 g/mol. The van der Waals surface area contributed by atoms with Gasteiger partial charge in [0.1, 0.15) is 23.9 Å². The number of urea groups is 1. The average molecular weight is 533 g/mol. The molecule has 2 N–H and O–H groups in total. The van der Waals surface area contributed by atoms with Crippen LogP contribution >= 0.6 is 0 Å². The summed E-state index contributed by atoms with van der Waals surface area (Å²) >= 11 is 0. The molecule has 0 radical (unpaired) electrons. The third kappa shape index (κ3) is 6.32. The molecule has 4 amide bonds. The number of nitrogens with zero attached hydrogens (tertiary/aromatic N) is 4. The smallest absolute Gasteiger partial charge is 0.323 e. The Balaban J connectivity index is 1.65. The maximum Gasteiger partial charge on any atom is 0.323 e. The Bertz CT molecular complexity index is 1350. The topological polar surface area (TPSA) is 126 Å².